The van der Waals surface area contributed by atoms with E-state index in [1.807, 2.05) is 54.6 Å². The lowest BCUT2D eigenvalue weighted by Crippen LogP contribution is -2.11. The van der Waals surface area contributed by atoms with E-state index in [0.717, 1.165) is 39.3 Å². The van der Waals surface area contributed by atoms with Crippen LogP contribution in [0.15, 0.2) is 72.8 Å². The number of hydrogen-bond donors (Lipinski definition) is 0. The maximum atomic E-state index is 9.05. The molecule has 0 saturated heterocycles. The van der Waals surface area contributed by atoms with Crippen LogP contribution < -0.4 is 9.47 Å². The zero-order valence-electron chi connectivity index (χ0n) is 14.4. The number of para-hydroxylation sites is 1. The summed E-state index contributed by atoms with van der Waals surface area (Å²) in [5, 5.41) is 9.05. The molecule has 0 unspecified atom stereocenters. The molecule has 0 fully saturated rings. The first-order chi connectivity index (χ1) is 12.8. The lowest BCUT2D eigenvalue weighted by atomic mass is 9.87. The molecule has 3 aromatic carbocycles. The van der Waals surface area contributed by atoms with Gasteiger partial charge in [0, 0.05) is 11.1 Å². The van der Waals surface area contributed by atoms with Crippen LogP contribution in [0, 0.1) is 11.3 Å². The number of benzene rings is 3. The van der Waals surface area contributed by atoms with Crippen LogP contribution in [0.4, 0.5) is 0 Å². The molecule has 0 N–H and O–H groups in total. The summed E-state index contributed by atoms with van der Waals surface area (Å²) in [6.45, 7) is 0.490. The maximum Gasteiger partial charge on any atom is 0.127 e. The van der Waals surface area contributed by atoms with E-state index in [9.17, 15) is 0 Å². The molecule has 0 aromatic heterocycles. The molecule has 0 atom stereocenters. The molecular formula is C23H17NO2. The summed E-state index contributed by atoms with van der Waals surface area (Å²) in [5.74, 6) is 1.71. The van der Waals surface area contributed by atoms with Gasteiger partial charge in [-0.25, -0.2) is 0 Å². The van der Waals surface area contributed by atoms with Crippen molar-refractivity contribution in [3.8, 4) is 17.6 Å². The highest BCUT2D eigenvalue weighted by Crippen LogP contribution is 2.41. The van der Waals surface area contributed by atoms with Gasteiger partial charge in [0.05, 0.1) is 18.7 Å². The van der Waals surface area contributed by atoms with Crippen LogP contribution >= 0.6 is 0 Å². The van der Waals surface area contributed by atoms with E-state index >= 15 is 0 Å². The average Bonchev–Trinajstić information content (AvgIpc) is 2.73. The van der Waals surface area contributed by atoms with Crippen molar-refractivity contribution < 1.29 is 9.47 Å². The molecule has 26 heavy (non-hydrogen) atoms. The van der Waals surface area contributed by atoms with Gasteiger partial charge in [0.2, 0.25) is 0 Å². The van der Waals surface area contributed by atoms with Crippen LogP contribution in [0.5, 0.6) is 11.5 Å². The molecule has 0 amide bonds. The average molecular weight is 339 g/mol. The molecular weight excluding hydrogens is 322 g/mol. The second-order valence-electron chi connectivity index (χ2n) is 6.06. The molecule has 1 heterocycles. The second-order valence-corrected chi connectivity index (χ2v) is 6.06. The van der Waals surface area contributed by atoms with E-state index in [4.69, 9.17) is 14.7 Å². The molecule has 0 aliphatic carbocycles. The first-order valence-electron chi connectivity index (χ1n) is 8.40. The molecule has 126 valence electrons. The third-order valence-electron chi connectivity index (χ3n) is 4.57. The monoisotopic (exact) mass is 339 g/mol. The zero-order valence-corrected chi connectivity index (χ0v) is 14.4. The van der Waals surface area contributed by atoms with Crippen LogP contribution in [-0.2, 0) is 0 Å². The number of nitrogens with zero attached hydrogens (tertiary/aromatic N) is 1. The predicted molar refractivity (Wildman–Crippen MR) is 102 cm³/mol. The molecule has 0 radical (unpaired) electrons. The minimum atomic E-state index is 0.490. The quantitative estimate of drug-likeness (QED) is 0.680. The minimum absolute atomic E-state index is 0.490. The molecule has 1 aliphatic rings. The largest absolute Gasteiger partial charge is 0.497 e. The Bertz CT molecular complexity index is 1010. The third kappa shape index (κ3) is 2.82. The molecule has 0 saturated carbocycles. The summed E-state index contributed by atoms with van der Waals surface area (Å²) in [5.41, 5.74) is 6.16. The predicted octanol–water partition coefficient (Wildman–Crippen LogP) is 4.92. The van der Waals surface area contributed by atoms with Gasteiger partial charge in [-0.05, 0) is 47.0 Å². The van der Waals surface area contributed by atoms with Gasteiger partial charge in [-0.2, -0.15) is 5.26 Å². The van der Waals surface area contributed by atoms with Crippen LogP contribution in [0.25, 0.3) is 11.1 Å². The summed E-state index contributed by atoms with van der Waals surface area (Å²) in [4.78, 5) is 0. The van der Waals surface area contributed by atoms with Gasteiger partial charge < -0.3 is 9.47 Å². The van der Waals surface area contributed by atoms with Crippen molar-refractivity contribution in [1.82, 2.24) is 0 Å². The van der Waals surface area contributed by atoms with Gasteiger partial charge in [-0.15, -0.1) is 0 Å². The molecule has 3 heteroatoms. The number of rotatable bonds is 3. The number of ether oxygens (including phenoxy) is 2. The fourth-order valence-electron chi connectivity index (χ4n) is 3.24. The lowest BCUT2D eigenvalue weighted by Gasteiger charge is -2.25. The summed E-state index contributed by atoms with van der Waals surface area (Å²) in [6.07, 6.45) is 0. The number of hydrogen-bond acceptors (Lipinski definition) is 3. The minimum Gasteiger partial charge on any atom is -0.497 e. The van der Waals surface area contributed by atoms with Crippen molar-refractivity contribution >= 4 is 11.1 Å². The highest BCUT2D eigenvalue weighted by atomic mass is 16.5. The Morgan fingerprint density at radius 2 is 1.58 bits per heavy atom. The first-order valence-corrected chi connectivity index (χ1v) is 8.40. The van der Waals surface area contributed by atoms with Crippen LogP contribution in [0.3, 0.4) is 0 Å². The van der Waals surface area contributed by atoms with Crippen molar-refractivity contribution in [3.63, 3.8) is 0 Å². The molecule has 0 spiro atoms. The Balaban J connectivity index is 1.92. The summed E-state index contributed by atoms with van der Waals surface area (Å²) in [7, 11) is 1.67. The summed E-state index contributed by atoms with van der Waals surface area (Å²) < 4.78 is 11.3. The van der Waals surface area contributed by atoms with E-state index in [2.05, 4.69) is 24.3 Å². The smallest absolute Gasteiger partial charge is 0.127 e. The van der Waals surface area contributed by atoms with E-state index < -0.39 is 0 Å². The normalized spacial score (nSPS) is 12.8. The first kappa shape index (κ1) is 16.0. The van der Waals surface area contributed by atoms with E-state index in [-0.39, 0.29) is 0 Å². The van der Waals surface area contributed by atoms with E-state index in [1.165, 1.54) is 0 Å². The molecule has 4 rings (SSSR count). The fourth-order valence-corrected chi connectivity index (χ4v) is 3.24. The van der Waals surface area contributed by atoms with Gasteiger partial charge in [-0.3, -0.25) is 0 Å². The van der Waals surface area contributed by atoms with Crippen molar-refractivity contribution in [2.45, 2.75) is 0 Å². The second kappa shape index (κ2) is 6.78. The summed E-state index contributed by atoms with van der Waals surface area (Å²) >= 11 is 0. The number of methoxy groups -OCH3 is 1. The molecule has 3 aromatic rings. The molecule has 0 bridgehead atoms. The standard InChI is InChI=1S/C23H17NO2/c1-25-19-12-10-18(11-13-19)23-20-4-2-3-5-22(20)26-15-21(23)17-8-6-16(14-24)7-9-17/h2-13H,15H2,1H3. The topological polar surface area (TPSA) is 42.2 Å². The highest BCUT2D eigenvalue weighted by molar-refractivity contribution is 6.01. The van der Waals surface area contributed by atoms with Crippen molar-refractivity contribution in [3.05, 3.63) is 95.1 Å². The van der Waals surface area contributed by atoms with Crippen molar-refractivity contribution in [2.75, 3.05) is 13.7 Å². The van der Waals surface area contributed by atoms with Gasteiger partial charge in [0.25, 0.3) is 0 Å². The van der Waals surface area contributed by atoms with Gasteiger partial charge in [0.1, 0.15) is 18.1 Å². The van der Waals surface area contributed by atoms with Crippen LogP contribution in [-0.4, -0.2) is 13.7 Å². The Kier molecular flexibility index (Phi) is 4.17. The Morgan fingerprint density at radius 1 is 0.885 bits per heavy atom. The fraction of sp³-hybridized carbons (Fsp3) is 0.0870. The lowest BCUT2D eigenvalue weighted by molar-refractivity contribution is 0.365. The summed E-state index contributed by atoms with van der Waals surface area (Å²) in [6, 6.07) is 26.0. The van der Waals surface area contributed by atoms with Gasteiger partial charge in [0.15, 0.2) is 0 Å². The number of fused-ring (bicyclic) bond motifs is 1. The Labute approximate surface area is 152 Å². The maximum absolute atomic E-state index is 9.05. The van der Waals surface area contributed by atoms with Gasteiger partial charge >= 0.3 is 0 Å². The van der Waals surface area contributed by atoms with Crippen LogP contribution in [0.2, 0.25) is 0 Å². The van der Waals surface area contributed by atoms with E-state index in [1.54, 1.807) is 7.11 Å². The van der Waals surface area contributed by atoms with Crippen molar-refractivity contribution in [1.29, 1.82) is 5.26 Å². The highest BCUT2D eigenvalue weighted by Gasteiger charge is 2.22. The van der Waals surface area contributed by atoms with E-state index in [0.29, 0.717) is 12.2 Å². The molecule has 1 aliphatic heterocycles. The number of nitriles is 1. The van der Waals surface area contributed by atoms with Crippen LogP contribution in [0.1, 0.15) is 22.3 Å². The Hall–Kier alpha value is -3.51. The third-order valence-corrected chi connectivity index (χ3v) is 4.57. The zero-order chi connectivity index (χ0) is 17.9. The molecule has 3 nitrogen and oxygen atoms in total. The van der Waals surface area contributed by atoms with Gasteiger partial charge in [-0.1, -0.05) is 42.5 Å². The SMILES string of the molecule is COc1ccc(C2=C(c3ccc(C#N)cc3)COc3ccccc32)cc1. The Morgan fingerprint density at radius 3 is 2.27 bits per heavy atom. The van der Waals surface area contributed by atoms with Crippen molar-refractivity contribution in [2.24, 2.45) is 0 Å².